The van der Waals surface area contributed by atoms with Crippen molar-refractivity contribution in [2.45, 2.75) is 13.5 Å². The maximum atomic E-state index is 12.4. The fourth-order valence-corrected chi connectivity index (χ4v) is 3.59. The van der Waals surface area contributed by atoms with E-state index in [4.69, 9.17) is 4.74 Å². The number of ether oxygens (including phenoxy) is 1. The normalized spacial score (nSPS) is 15.4. The number of nitrogens with one attached hydrogen (secondary N) is 1. The van der Waals surface area contributed by atoms with Gasteiger partial charge in [0.25, 0.3) is 5.91 Å². The van der Waals surface area contributed by atoms with Crippen molar-refractivity contribution in [3.8, 4) is 0 Å². The highest BCUT2D eigenvalue weighted by atomic mass is 32.1. The van der Waals surface area contributed by atoms with Crippen LogP contribution in [0.25, 0.3) is 0 Å². The largest absolute Gasteiger partial charge is 0.378 e. The van der Waals surface area contributed by atoms with Gasteiger partial charge in [-0.25, -0.2) is 4.98 Å². The molecule has 1 aromatic carbocycles. The Kier molecular flexibility index (Phi) is 5.67. The van der Waals surface area contributed by atoms with Crippen molar-refractivity contribution >= 4 is 28.6 Å². The van der Waals surface area contributed by atoms with E-state index in [1.54, 1.807) is 12.5 Å². The zero-order valence-electron chi connectivity index (χ0n) is 14.9. The summed E-state index contributed by atoms with van der Waals surface area (Å²) in [6.07, 6.45) is 0. The van der Waals surface area contributed by atoms with E-state index in [1.807, 2.05) is 13.0 Å². The molecule has 0 unspecified atom stereocenters. The van der Waals surface area contributed by atoms with Crippen molar-refractivity contribution in [2.24, 2.45) is 0 Å². The zero-order chi connectivity index (χ0) is 17.8. The van der Waals surface area contributed by atoms with E-state index in [9.17, 15) is 4.79 Å². The Hall–Kier alpha value is -1.96. The number of carbonyl (C=O) groups excluding carboxylic acids is 1. The van der Waals surface area contributed by atoms with E-state index < -0.39 is 0 Å². The molecule has 1 aliphatic rings. The van der Waals surface area contributed by atoms with Crippen LogP contribution in [0.5, 0.6) is 0 Å². The lowest BCUT2D eigenvalue weighted by molar-refractivity contribution is 0.102. The number of piperazine rings is 1. The average molecular weight is 360 g/mol. The first kappa shape index (κ1) is 17.8. The van der Waals surface area contributed by atoms with Crippen LogP contribution < -0.4 is 10.2 Å². The van der Waals surface area contributed by atoms with E-state index in [1.165, 1.54) is 17.0 Å². The molecule has 7 heteroatoms. The highest BCUT2D eigenvalue weighted by molar-refractivity contribution is 7.09. The molecule has 1 aliphatic heterocycles. The van der Waals surface area contributed by atoms with Gasteiger partial charge in [-0.2, -0.15) is 0 Å². The predicted molar refractivity (Wildman–Crippen MR) is 102 cm³/mol. The van der Waals surface area contributed by atoms with E-state index >= 15 is 0 Å². The minimum atomic E-state index is -0.186. The molecule has 1 aromatic heterocycles. The number of aromatic nitrogens is 1. The monoisotopic (exact) mass is 360 g/mol. The second-order valence-corrected chi connectivity index (χ2v) is 7.25. The lowest BCUT2D eigenvalue weighted by Crippen LogP contribution is -2.44. The molecule has 0 spiro atoms. The van der Waals surface area contributed by atoms with Crippen LogP contribution in [0.1, 0.15) is 21.1 Å². The summed E-state index contributed by atoms with van der Waals surface area (Å²) in [5.41, 5.74) is 3.51. The summed E-state index contributed by atoms with van der Waals surface area (Å²) in [5.74, 6) is -0.186. The summed E-state index contributed by atoms with van der Waals surface area (Å²) >= 11 is 1.43. The number of hydrogen-bond acceptors (Lipinski definition) is 6. The van der Waals surface area contributed by atoms with Gasteiger partial charge in [-0.3, -0.25) is 4.79 Å². The van der Waals surface area contributed by atoms with Gasteiger partial charge in [0.05, 0.1) is 6.61 Å². The molecule has 2 aromatic rings. The van der Waals surface area contributed by atoms with E-state index in [2.05, 4.69) is 39.3 Å². The Labute approximate surface area is 152 Å². The number of hydrogen-bond donors (Lipinski definition) is 1. The van der Waals surface area contributed by atoms with Gasteiger partial charge < -0.3 is 19.9 Å². The van der Waals surface area contributed by atoms with Gasteiger partial charge in [-0.05, 0) is 37.7 Å². The number of aryl methyl sites for hydroxylation is 1. The molecule has 1 N–H and O–H groups in total. The van der Waals surface area contributed by atoms with Crippen molar-refractivity contribution in [3.05, 3.63) is 39.8 Å². The molecule has 6 nitrogen and oxygen atoms in total. The number of benzene rings is 1. The van der Waals surface area contributed by atoms with Crippen LogP contribution >= 0.6 is 11.3 Å². The molecule has 25 heavy (non-hydrogen) atoms. The number of anilines is 2. The molecular weight excluding hydrogens is 336 g/mol. The quantitative estimate of drug-likeness (QED) is 0.888. The Morgan fingerprint density at radius 3 is 2.76 bits per heavy atom. The summed E-state index contributed by atoms with van der Waals surface area (Å²) in [6, 6.07) is 6.19. The van der Waals surface area contributed by atoms with Crippen LogP contribution in [0.15, 0.2) is 23.6 Å². The third kappa shape index (κ3) is 4.36. The highest BCUT2D eigenvalue weighted by Gasteiger charge is 2.16. The molecular formula is C18H24N4O2S. The Morgan fingerprint density at radius 2 is 2.08 bits per heavy atom. The van der Waals surface area contributed by atoms with Gasteiger partial charge in [0.15, 0.2) is 0 Å². The first-order chi connectivity index (χ1) is 12.1. The van der Waals surface area contributed by atoms with Crippen molar-refractivity contribution in [2.75, 3.05) is 50.6 Å². The number of nitrogens with zero attached hydrogens (tertiary/aromatic N) is 3. The van der Waals surface area contributed by atoms with E-state index in [0.717, 1.165) is 42.4 Å². The second-order valence-electron chi connectivity index (χ2n) is 6.30. The van der Waals surface area contributed by atoms with Gasteiger partial charge in [0.1, 0.15) is 10.7 Å². The maximum absolute atomic E-state index is 12.4. The standard InChI is InChI=1S/C18H24N4O2S/c1-13-10-14(22-8-6-21(2)7-9-22)4-5-15(13)20-18(23)16-12-25-17(19-16)11-24-3/h4-5,10,12H,6-9,11H2,1-3H3,(H,20,23). The summed E-state index contributed by atoms with van der Waals surface area (Å²) in [7, 11) is 3.77. The van der Waals surface area contributed by atoms with Crippen LogP contribution in [0, 0.1) is 6.92 Å². The fourth-order valence-electron chi connectivity index (χ4n) is 2.84. The Bertz CT molecular complexity index is 738. The summed E-state index contributed by atoms with van der Waals surface area (Å²) in [4.78, 5) is 21.4. The first-order valence-electron chi connectivity index (χ1n) is 8.35. The molecule has 0 atom stereocenters. The zero-order valence-corrected chi connectivity index (χ0v) is 15.7. The number of likely N-dealkylation sites (N-methyl/N-ethyl adjacent to an activating group) is 1. The molecule has 0 aliphatic carbocycles. The molecule has 1 amide bonds. The predicted octanol–water partition coefficient (Wildman–Crippen LogP) is 2.60. The van der Waals surface area contributed by atoms with Crippen molar-refractivity contribution in [3.63, 3.8) is 0 Å². The fraction of sp³-hybridized carbons (Fsp3) is 0.444. The average Bonchev–Trinajstić information content (AvgIpc) is 3.06. The van der Waals surface area contributed by atoms with Gasteiger partial charge in [-0.15, -0.1) is 11.3 Å². The summed E-state index contributed by atoms with van der Waals surface area (Å²) in [5, 5.41) is 5.52. The molecule has 134 valence electrons. The molecule has 3 rings (SSSR count). The van der Waals surface area contributed by atoms with Gasteiger partial charge in [-0.1, -0.05) is 0 Å². The van der Waals surface area contributed by atoms with Crippen LogP contribution in [0.4, 0.5) is 11.4 Å². The SMILES string of the molecule is COCc1nc(C(=O)Nc2ccc(N3CCN(C)CC3)cc2C)cs1. The second kappa shape index (κ2) is 7.95. The number of methoxy groups -OCH3 is 1. The molecule has 0 saturated carbocycles. The third-order valence-corrected chi connectivity index (χ3v) is 5.20. The minimum absolute atomic E-state index is 0.186. The van der Waals surface area contributed by atoms with Crippen LogP contribution in [0.2, 0.25) is 0 Å². The number of amides is 1. The van der Waals surface area contributed by atoms with Crippen molar-refractivity contribution in [1.82, 2.24) is 9.88 Å². The van der Waals surface area contributed by atoms with Crippen LogP contribution in [-0.2, 0) is 11.3 Å². The Morgan fingerprint density at radius 1 is 1.32 bits per heavy atom. The highest BCUT2D eigenvalue weighted by Crippen LogP contribution is 2.24. The smallest absolute Gasteiger partial charge is 0.275 e. The topological polar surface area (TPSA) is 57.7 Å². The lowest BCUT2D eigenvalue weighted by Gasteiger charge is -2.34. The minimum Gasteiger partial charge on any atom is -0.378 e. The van der Waals surface area contributed by atoms with E-state index in [0.29, 0.717) is 12.3 Å². The number of carbonyl (C=O) groups is 1. The van der Waals surface area contributed by atoms with Crippen molar-refractivity contribution < 1.29 is 9.53 Å². The third-order valence-electron chi connectivity index (χ3n) is 4.38. The Balaban J connectivity index is 1.67. The number of rotatable bonds is 5. The molecule has 1 fully saturated rings. The van der Waals surface area contributed by atoms with Crippen LogP contribution in [0.3, 0.4) is 0 Å². The molecule has 0 bridgehead atoms. The van der Waals surface area contributed by atoms with Crippen molar-refractivity contribution in [1.29, 1.82) is 0 Å². The number of thiazole rings is 1. The van der Waals surface area contributed by atoms with Crippen LogP contribution in [-0.4, -0.2) is 56.1 Å². The molecule has 2 heterocycles. The summed E-state index contributed by atoms with van der Waals surface area (Å²) in [6.45, 7) is 6.66. The molecule has 0 radical (unpaired) electrons. The lowest BCUT2D eigenvalue weighted by atomic mass is 10.1. The summed E-state index contributed by atoms with van der Waals surface area (Å²) < 4.78 is 5.04. The first-order valence-corrected chi connectivity index (χ1v) is 9.23. The molecule has 1 saturated heterocycles. The van der Waals surface area contributed by atoms with Gasteiger partial charge >= 0.3 is 0 Å². The maximum Gasteiger partial charge on any atom is 0.275 e. The van der Waals surface area contributed by atoms with Gasteiger partial charge in [0, 0.05) is 50.0 Å². The van der Waals surface area contributed by atoms with E-state index in [-0.39, 0.29) is 5.91 Å². The van der Waals surface area contributed by atoms with Gasteiger partial charge in [0.2, 0.25) is 0 Å².